The second kappa shape index (κ2) is 6.76. The van der Waals surface area contributed by atoms with Crippen LogP contribution in [-0.4, -0.2) is 34.1 Å². The zero-order valence-corrected chi connectivity index (χ0v) is 13.8. The molecule has 2 aromatic rings. The summed E-state index contributed by atoms with van der Waals surface area (Å²) in [5, 5.41) is 13.5. The van der Waals surface area contributed by atoms with E-state index in [1.807, 2.05) is 6.92 Å². The number of carbonyl (C=O) groups excluding carboxylic acids is 1. The van der Waals surface area contributed by atoms with Gasteiger partial charge in [0.2, 0.25) is 0 Å². The first-order valence-electron chi connectivity index (χ1n) is 8.04. The van der Waals surface area contributed by atoms with Gasteiger partial charge in [-0.1, -0.05) is 6.07 Å². The van der Waals surface area contributed by atoms with Crippen LogP contribution in [0, 0.1) is 18.6 Å². The fraction of sp³-hybridized carbons (Fsp3) is 0.333. The lowest BCUT2D eigenvalue weighted by Gasteiger charge is -2.38. The van der Waals surface area contributed by atoms with Gasteiger partial charge in [-0.25, -0.2) is 13.6 Å². The van der Waals surface area contributed by atoms with E-state index in [4.69, 9.17) is 0 Å². The highest BCUT2D eigenvalue weighted by molar-refractivity contribution is 5.90. The van der Waals surface area contributed by atoms with Gasteiger partial charge < -0.3 is 15.3 Å². The molecule has 2 amide bonds. The van der Waals surface area contributed by atoms with E-state index in [1.165, 1.54) is 11.0 Å². The van der Waals surface area contributed by atoms with E-state index in [0.29, 0.717) is 5.69 Å². The summed E-state index contributed by atoms with van der Waals surface area (Å²) >= 11 is 0. The van der Waals surface area contributed by atoms with Gasteiger partial charge in [0.05, 0.1) is 11.2 Å². The minimum atomic E-state index is -1.61. The van der Waals surface area contributed by atoms with E-state index in [-0.39, 0.29) is 37.5 Å². The number of carbonyl (C=O) groups is 1. The Morgan fingerprint density at radius 1 is 1.24 bits per heavy atom. The number of aliphatic hydroxyl groups is 1. The number of hydrogen-bond acceptors (Lipinski definition) is 3. The van der Waals surface area contributed by atoms with Crippen LogP contribution in [-0.2, 0) is 5.60 Å². The van der Waals surface area contributed by atoms with Crippen LogP contribution in [0.1, 0.15) is 24.0 Å². The van der Waals surface area contributed by atoms with Crippen molar-refractivity contribution in [3.8, 4) is 0 Å². The lowest BCUT2D eigenvalue weighted by molar-refractivity contribution is -0.0213. The third-order valence-corrected chi connectivity index (χ3v) is 4.57. The van der Waals surface area contributed by atoms with Gasteiger partial charge in [0.25, 0.3) is 0 Å². The third-order valence-electron chi connectivity index (χ3n) is 4.57. The van der Waals surface area contributed by atoms with Crippen LogP contribution in [0.5, 0.6) is 0 Å². The smallest absolute Gasteiger partial charge is 0.321 e. The third kappa shape index (κ3) is 3.46. The van der Waals surface area contributed by atoms with Crippen molar-refractivity contribution in [3.05, 3.63) is 59.4 Å². The van der Waals surface area contributed by atoms with Gasteiger partial charge >= 0.3 is 6.03 Å². The number of amides is 2. The normalized spacial score (nSPS) is 16.6. The topological polar surface area (TPSA) is 65.5 Å². The van der Waals surface area contributed by atoms with E-state index in [2.05, 4.69) is 10.3 Å². The highest BCUT2D eigenvalue weighted by atomic mass is 19.1. The molecule has 2 heterocycles. The van der Waals surface area contributed by atoms with Crippen molar-refractivity contribution in [2.45, 2.75) is 25.4 Å². The van der Waals surface area contributed by atoms with Gasteiger partial charge in [-0.3, -0.25) is 4.98 Å². The first kappa shape index (κ1) is 17.3. The summed E-state index contributed by atoms with van der Waals surface area (Å²) in [6, 6.07) is 4.90. The number of rotatable bonds is 2. The Morgan fingerprint density at radius 3 is 2.48 bits per heavy atom. The van der Waals surface area contributed by atoms with Gasteiger partial charge in [-0.05, 0) is 43.5 Å². The number of pyridine rings is 1. The summed E-state index contributed by atoms with van der Waals surface area (Å²) < 4.78 is 27.9. The molecule has 0 spiro atoms. The minimum Gasteiger partial charge on any atom is -0.385 e. The summed E-state index contributed by atoms with van der Waals surface area (Å²) in [6.07, 6.45) is 3.35. The number of hydrogen-bond donors (Lipinski definition) is 2. The van der Waals surface area contributed by atoms with Crippen LogP contribution in [0.2, 0.25) is 0 Å². The predicted molar refractivity (Wildman–Crippen MR) is 89.1 cm³/mol. The molecular formula is C18H19F2N3O2. The second-order valence-corrected chi connectivity index (χ2v) is 6.24. The molecule has 0 unspecified atom stereocenters. The standard InChI is InChI=1S/C18H19F2N3O2/c1-12-11-21-8-5-15(12)22-17(24)23-9-6-18(25,7-10-23)16-13(19)3-2-4-14(16)20/h2-5,8,11,25H,6-7,9-10H2,1H3,(H,21,22,24). The van der Waals surface area contributed by atoms with E-state index >= 15 is 0 Å². The van der Waals surface area contributed by atoms with Crippen LogP contribution in [0.3, 0.4) is 0 Å². The van der Waals surface area contributed by atoms with E-state index < -0.39 is 17.2 Å². The number of halogens is 2. The maximum atomic E-state index is 14.0. The second-order valence-electron chi connectivity index (χ2n) is 6.24. The molecule has 25 heavy (non-hydrogen) atoms. The number of benzene rings is 1. The molecule has 1 aromatic heterocycles. The fourth-order valence-electron chi connectivity index (χ4n) is 3.08. The molecule has 7 heteroatoms. The van der Waals surface area contributed by atoms with Crippen molar-refractivity contribution in [2.75, 3.05) is 18.4 Å². The maximum Gasteiger partial charge on any atom is 0.321 e. The molecule has 2 N–H and O–H groups in total. The number of anilines is 1. The zero-order chi connectivity index (χ0) is 18.0. The van der Waals surface area contributed by atoms with E-state index in [1.54, 1.807) is 18.5 Å². The number of aromatic nitrogens is 1. The summed E-state index contributed by atoms with van der Waals surface area (Å²) in [6.45, 7) is 2.22. The van der Waals surface area contributed by atoms with Crippen molar-refractivity contribution < 1.29 is 18.7 Å². The predicted octanol–water partition coefficient (Wildman–Crippen LogP) is 3.18. The van der Waals surface area contributed by atoms with Crippen LogP contribution in [0.4, 0.5) is 19.3 Å². The molecule has 132 valence electrons. The Hall–Kier alpha value is -2.54. The van der Waals surface area contributed by atoms with Crippen LogP contribution in [0.25, 0.3) is 0 Å². The van der Waals surface area contributed by atoms with Gasteiger partial charge in [-0.15, -0.1) is 0 Å². The van der Waals surface area contributed by atoms with E-state index in [0.717, 1.165) is 17.7 Å². The Kier molecular flexibility index (Phi) is 4.67. The molecule has 1 aliphatic rings. The van der Waals surface area contributed by atoms with Crippen molar-refractivity contribution in [3.63, 3.8) is 0 Å². The molecule has 0 atom stereocenters. The Morgan fingerprint density at radius 2 is 1.88 bits per heavy atom. The molecule has 1 aromatic carbocycles. The number of piperidine rings is 1. The highest BCUT2D eigenvalue weighted by Gasteiger charge is 2.39. The molecule has 0 bridgehead atoms. The molecule has 0 saturated carbocycles. The summed E-state index contributed by atoms with van der Waals surface area (Å²) in [5.74, 6) is -1.54. The molecule has 0 aliphatic carbocycles. The largest absolute Gasteiger partial charge is 0.385 e. The van der Waals surface area contributed by atoms with Crippen LogP contribution < -0.4 is 5.32 Å². The first-order valence-corrected chi connectivity index (χ1v) is 8.04. The number of aryl methyl sites for hydroxylation is 1. The fourth-order valence-corrected chi connectivity index (χ4v) is 3.08. The van der Waals surface area contributed by atoms with Gasteiger partial charge in [-0.2, -0.15) is 0 Å². The monoisotopic (exact) mass is 347 g/mol. The van der Waals surface area contributed by atoms with Crippen LogP contribution >= 0.6 is 0 Å². The average molecular weight is 347 g/mol. The summed E-state index contributed by atoms with van der Waals surface area (Å²) in [4.78, 5) is 17.9. The Balaban J connectivity index is 1.69. The molecule has 1 saturated heterocycles. The molecule has 1 fully saturated rings. The van der Waals surface area contributed by atoms with Gasteiger partial charge in [0.1, 0.15) is 11.6 Å². The highest BCUT2D eigenvalue weighted by Crippen LogP contribution is 2.36. The average Bonchev–Trinajstić information content (AvgIpc) is 2.57. The van der Waals surface area contributed by atoms with Gasteiger partial charge in [0, 0.05) is 31.2 Å². The first-order chi connectivity index (χ1) is 11.9. The lowest BCUT2D eigenvalue weighted by atomic mass is 9.84. The van der Waals surface area contributed by atoms with Crippen molar-refractivity contribution >= 4 is 11.7 Å². The number of urea groups is 1. The van der Waals surface area contributed by atoms with E-state index in [9.17, 15) is 18.7 Å². The van der Waals surface area contributed by atoms with Crippen LogP contribution in [0.15, 0.2) is 36.7 Å². The number of nitrogens with zero attached hydrogens (tertiary/aromatic N) is 2. The molecule has 5 nitrogen and oxygen atoms in total. The van der Waals surface area contributed by atoms with Crippen molar-refractivity contribution in [1.29, 1.82) is 0 Å². The number of nitrogens with one attached hydrogen (secondary N) is 1. The number of likely N-dealkylation sites (tertiary alicyclic amines) is 1. The SMILES string of the molecule is Cc1cnccc1NC(=O)N1CCC(O)(c2c(F)cccc2F)CC1. The maximum absolute atomic E-state index is 14.0. The Bertz CT molecular complexity index is 769. The zero-order valence-electron chi connectivity index (χ0n) is 13.8. The summed E-state index contributed by atoms with van der Waals surface area (Å²) in [5.41, 5.74) is -0.447. The summed E-state index contributed by atoms with van der Waals surface area (Å²) in [7, 11) is 0. The molecular weight excluding hydrogens is 328 g/mol. The van der Waals surface area contributed by atoms with Gasteiger partial charge in [0.15, 0.2) is 0 Å². The molecule has 1 aliphatic heterocycles. The quantitative estimate of drug-likeness (QED) is 0.877. The lowest BCUT2D eigenvalue weighted by Crippen LogP contribution is -2.47. The van der Waals surface area contributed by atoms with Crippen molar-refractivity contribution in [2.24, 2.45) is 0 Å². The minimum absolute atomic E-state index is 0.0631. The molecule has 3 rings (SSSR count). The van der Waals surface area contributed by atoms with Crippen molar-refractivity contribution in [1.82, 2.24) is 9.88 Å². The molecule has 0 radical (unpaired) electrons. The Labute approximate surface area is 144 Å².